The summed E-state index contributed by atoms with van der Waals surface area (Å²) in [5, 5.41) is 5.78. The zero-order valence-corrected chi connectivity index (χ0v) is 20.5. The second-order valence-corrected chi connectivity index (χ2v) is 9.54. The number of nitrogens with one attached hydrogen (secondary N) is 2. The summed E-state index contributed by atoms with van der Waals surface area (Å²) >= 11 is 0. The van der Waals surface area contributed by atoms with Crippen molar-refractivity contribution in [2.75, 3.05) is 42.9 Å². The lowest BCUT2D eigenvalue weighted by molar-refractivity contribution is -0.139. The van der Waals surface area contributed by atoms with Gasteiger partial charge in [0.05, 0.1) is 30.0 Å². The molecule has 2 N–H and O–H groups in total. The summed E-state index contributed by atoms with van der Waals surface area (Å²) in [4.78, 5) is 42.6. The normalized spacial score (nSPS) is 17.4. The van der Waals surface area contributed by atoms with Crippen LogP contribution in [0.1, 0.15) is 43.5 Å². The van der Waals surface area contributed by atoms with Crippen molar-refractivity contribution in [3.05, 3.63) is 54.1 Å². The Kier molecular flexibility index (Phi) is 7.90. The summed E-state index contributed by atoms with van der Waals surface area (Å²) in [6.45, 7) is 6.42. The summed E-state index contributed by atoms with van der Waals surface area (Å²) in [5.74, 6) is 0.392. The van der Waals surface area contributed by atoms with E-state index >= 15 is 0 Å². The molecule has 35 heavy (non-hydrogen) atoms. The number of carbonyl (C=O) groups excluding carboxylic acids is 3. The number of ether oxygens (including phenoxy) is 1. The summed E-state index contributed by atoms with van der Waals surface area (Å²) in [6, 6.07) is 14.4. The number of hydrogen-bond acceptors (Lipinski definition) is 5. The van der Waals surface area contributed by atoms with Crippen LogP contribution in [0.15, 0.2) is 48.5 Å². The highest BCUT2D eigenvalue weighted by molar-refractivity contribution is 6.04. The molecule has 2 aromatic rings. The fourth-order valence-electron chi connectivity index (χ4n) is 4.45. The van der Waals surface area contributed by atoms with Crippen molar-refractivity contribution >= 4 is 29.1 Å². The van der Waals surface area contributed by atoms with Gasteiger partial charge in [0.2, 0.25) is 5.91 Å². The SMILES string of the molecule is CC(C)CNC(=O)c1ccccc1NC(=O)CN1CC(C(=O)N2CCCCC2)Oc2ccccc21. The van der Waals surface area contributed by atoms with Crippen molar-refractivity contribution < 1.29 is 19.1 Å². The molecular formula is C27H34N4O4. The first kappa shape index (κ1) is 24.6. The summed E-state index contributed by atoms with van der Waals surface area (Å²) < 4.78 is 6.06. The Bertz CT molecular complexity index is 1060. The maximum atomic E-state index is 13.1. The lowest BCUT2D eigenvalue weighted by Gasteiger charge is -2.38. The van der Waals surface area contributed by atoms with Crippen LogP contribution in [-0.2, 0) is 9.59 Å². The van der Waals surface area contributed by atoms with E-state index in [0.29, 0.717) is 29.5 Å². The molecule has 0 spiro atoms. The Morgan fingerprint density at radius 1 is 1.00 bits per heavy atom. The minimum absolute atomic E-state index is 0.0308. The van der Waals surface area contributed by atoms with Crippen molar-refractivity contribution in [3.63, 3.8) is 0 Å². The number of fused-ring (bicyclic) bond motifs is 1. The van der Waals surface area contributed by atoms with Gasteiger partial charge in [-0.1, -0.05) is 38.1 Å². The summed E-state index contributed by atoms with van der Waals surface area (Å²) in [7, 11) is 0. The number of likely N-dealkylation sites (tertiary alicyclic amines) is 1. The van der Waals surface area contributed by atoms with E-state index in [-0.39, 0.29) is 30.8 Å². The van der Waals surface area contributed by atoms with Gasteiger partial charge in [-0.05, 0) is 49.4 Å². The molecule has 8 nitrogen and oxygen atoms in total. The van der Waals surface area contributed by atoms with Crippen molar-refractivity contribution in [2.45, 2.75) is 39.2 Å². The molecule has 1 unspecified atom stereocenters. The van der Waals surface area contributed by atoms with Gasteiger partial charge in [-0.25, -0.2) is 0 Å². The molecule has 2 aliphatic rings. The van der Waals surface area contributed by atoms with E-state index in [1.54, 1.807) is 24.3 Å². The monoisotopic (exact) mass is 478 g/mol. The van der Waals surface area contributed by atoms with E-state index in [1.165, 1.54) is 0 Å². The molecule has 1 atom stereocenters. The quantitative estimate of drug-likeness (QED) is 0.637. The van der Waals surface area contributed by atoms with Crippen molar-refractivity contribution in [3.8, 4) is 5.75 Å². The molecule has 2 aliphatic heterocycles. The average Bonchev–Trinajstić information content (AvgIpc) is 2.87. The number of anilines is 2. The molecular weight excluding hydrogens is 444 g/mol. The zero-order chi connectivity index (χ0) is 24.8. The third-order valence-corrected chi connectivity index (χ3v) is 6.26. The number of hydrogen-bond donors (Lipinski definition) is 2. The lowest BCUT2D eigenvalue weighted by atomic mass is 10.1. The van der Waals surface area contributed by atoms with E-state index in [4.69, 9.17) is 4.74 Å². The highest BCUT2D eigenvalue weighted by atomic mass is 16.5. The van der Waals surface area contributed by atoms with Gasteiger partial charge in [0, 0.05) is 19.6 Å². The third-order valence-electron chi connectivity index (χ3n) is 6.26. The molecule has 2 aromatic carbocycles. The smallest absolute Gasteiger partial charge is 0.265 e. The van der Waals surface area contributed by atoms with Gasteiger partial charge in [-0.2, -0.15) is 0 Å². The highest BCUT2D eigenvalue weighted by Gasteiger charge is 2.34. The second-order valence-electron chi connectivity index (χ2n) is 9.54. The Balaban J connectivity index is 1.47. The number of para-hydroxylation sites is 3. The van der Waals surface area contributed by atoms with Gasteiger partial charge in [-0.15, -0.1) is 0 Å². The van der Waals surface area contributed by atoms with E-state index in [2.05, 4.69) is 10.6 Å². The van der Waals surface area contributed by atoms with Crippen LogP contribution in [0.5, 0.6) is 5.75 Å². The van der Waals surface area contributed by atoms with Crippen LogP contribution in [0, 0.1) is 5.92 Å². The van der Waals surface area contributed by atoms with Crippen molar-refractivity contribution in [1.29, 1.82) is 0 Å². The zero-order valence-electron chi connectivity index (χ0n) is 20.5. The molecule has 0 aromatic heterocycles. The lowest BCUT2D eigenvalue weighted by Crippen LogP contribution is -2.52. The Morgan fingerprint density at radius 2 is 1.71 bits per heavy atom. The van der Waals surface area contributed by atoms with E-state index in [9.17, 15) is 14.4 Å². The molecule has 1 fully saturated rings. The van der Waals surface area contributed by atoms with Crippen molar-refractivity contribution in [1.82, 2.24) is 10.2 Å². The van der Waals surface area contributed by atoms with Gasteiger partial charge in [-0.3, -0.25) is 14.4 Å². The average molecular weight is 479 g/mol. The first-order valence-electron chi connectivity index (χ1n) is 12.4. The predicted octanol–water partition coefficient (Wildman–Crippen LogP) is 3.29. The first-order chi connectivity index (χ1) is 16.9. The van der Waals surface area contributed by atoms with E-state index in [0.717, 1.165) is 38.0 Å². The van der Waals surface area contributed by atoms with Crippen LogP contribution in [-0.4, -0.2) is 61.4 Å². The largest absolute Gasteiger partial charge is 0.477 e. The number of amides is 3. The molecule has 0 saturated carbocycles. The molecule has 1 saturated heterocycles. The second kappa shape index (κ2) is 11.3. The third kappa shape index (κ3) is 6.12. The van der Waals surface area contributed by atoms with Crippen LogP contribution < -0.4 is 20.3 Å². The van der Waals surface area contributed by atoms with Crippen LogP contribution >= 0.6 is 0 Å². The van der Waals surface area contributed by atoms with Gasteiger partial charge >= 0.3 is 0 Å². The molecule has 0 bridgehead atoms. The Morgan fingerprint density at radius 3 is 2.49 bits per heavy atom. The number of nitrogens with zero attached hydrogens (tertiary/aromatic N) is 2. The molecule has 0 aliphatic carbocycles. The molecule has 186 valence electrons. The van der Waals surface area contributed by atoms with E-state index < -0.39 is 6.10 Å². The standard InChI is InChI=1S/C27H34N4O4/c1-19(2)16-28-26(33)20-10-4-5-11-21(20)29-25(32)18-31-17-24(27(34)30-14-8-3-9-15-30)35-23-13-7-6-12-22(23)31/h4-7,10-13,19,24H,3,8-9,14-18H2,1-2H3,(H,28,33)(H,29,32). The van der Waals surface area contributed by atoms with Gasteiger partial charge in [0.1, 0.15) is 5.75 Å². The van der Waals surface area contributed by atoms with E-state index in [1.807, 2.05) is 47.9 Å². The topological polar surface area (TPSA) is 91.0 Å². The fraction of sp³-hybridized carbons (Fsp3) is 0.444. The Hall–Kier alpha value is -3.55. The summed E-state index contributed by atoms with van der Waals surface area (Å²) in [5.41, 5.74) is 1.65. The number of rotatable bonds is 7. The van der Waals surface area contributed by atoms with Gasteiger partial charge in [0.25, 0.3) is 11.8 Å². The molecule has 3 amide bonds. The highest BCUT2D eigenvalue weighted by Crippen LogP contribution is 2.33. The molecule has 2 heterocycles. The number of benzene rings is 2. The number of piperidine rings is 1. The van der Waals surface area contributed by atoms with Crippen LogP contribution in [0.4, 0.5) is 11.4 Å². The molecule has 8 heteroatoms. The van der Waals surface area contributed by atoms with Crippen LogP contribution in [0.25, 0.3) is 0 Å². The first-order valence-corrected chi connectivity index (χ1v) is 12.4. The van der Waals surface area contributed by atoms with Crippen LogP contribution in [0.2, 0.25) is 0 Å². The molecule has 0 radical (unpaired) electrons. The van der Waals surface area contributed by atoms with Crippen LogP contribution in [0.3, 0.4) is 0 Å². The molecule has 4 rings (SSSR count). The Labute approximate surface area is 206 Å². The van der Waals surface area contributed by atoms with Crippen molar-refractivity contribution in [2.24, 2.45) is 5.92 Å². The minimum Gasteiger partial charge on any atom is -0.477 e. The fourth-order valence-corrected chi connectivity index (χ4v) is 4.45. The number of carbonyl (C=O) groups is 3. The van der Waals surface area contributed by atoms with Gasteiger partial charge < -0.3 is 25.2 Å². The predicted molar refractivity (Wildman–Crippen MR) is 136 cm³/mol. The maximum absolute atomic E-state index is 13.1. The minimum atomic E-state index is -0.662. The van der Waals surface area contributed by atoms with Gasteiger partial charge in [0.15, 0.2) is 6.10 Å². The maximum Gasteiger partial charge on any atom is 0.265 e. The summed E-state index contributed by atoms with van der Waals surface area (Å²) in [6.07, 6.45) is 2.49.